The first kappa shape index (κ1) is 14.5. The predicted molar refractivity (Wildman–Crippen MR) is 76.3 cm³/mol. The summed E-state index contributed by atoms with van der Waals surface area (Å²) in [6, 6.07) is 2.71. The van der Waals surface area contributed by atoms with E-state index in [0.29, 0.717) is 18.8 Å². The van der Waals surface area contributed by atoms with Crippen LogP contribution in [0.1, 0.15) is 13.3 Å². The topological polar surface area (TPSA) is 79.4 Å². The van der Waals surface area contributed by atoms with Gasteiger partial charge in [0, 0.05) is 19.3 Å². The van der Waals surface area contributed by atoms with E-state index in [1.165, 1.54) is 18.3 Å². The zero-order valence-corrected chi connectivity index (χ0v) is 12.3. The Morgan fingerprint density at radius 2 is 2.15 bits per heavy atom. The largest absolute Gasteiger partial charge is 0.322 e. The van der Waals surface area contributed by atoms with Gasteiger partial charge in [-0.1, -0.05) is 11.6 Å². The van der Waals surface area contributed by atoms with Gasteiger partial charge in [0.2, 0.25) is 0 Å². The molecule has 0 aliphatic carbocycles. The number of nitrogens with zero attached hydrogens (tertiary/aromatic N) is 2. The van der Waals surface area contributed by atoms with Crippen LogP contribution >= 0.6 is 0 Å². The van der Waals surface area contributed by atoms with Crippen molar-refractivity contribution < 1.29 is 13.2 Å². The lowest BCUT2D eigenvalue weighted by Gasteiger charge is -2.26. The van der Waals surface area contributed by atoms with Crippen molar-refractivity contribution in [2.45, 2.75) is 18.4 Å². The van der Waals surface area contributed by atoms with Crippen molar-refractivity contribution in [1.82, 2.24) is 9.88 Å². The minimum atomic E-state index is -3.32. The van der Waals surface area contributed by atoms with Gasteiger partial charge >= 0.3 is 6.03 Å². The van der Waals surface area contributed by atoms with E-state index < -0.39 is 9.84 Å². The zero-order valence-electron chi connectivity index (χ0n) is 11.5. The molecule has 1 aromatic rings. The molecule has 7 heteroatoms. The maximum absolute atomic E-state index is 12.0. The molecule has 1 aromatic heterocycles. The van der Waals surface area contributed by atoms with Crippen molar-refractivity contribution in [3.05, 3.63) is 30.0 Å². The monoisotopic (exact) mass is 295 g/mol. The molecule has 1 N–H and O–H groups in total. The maximum atomic E-state index is 12.0. The average Bonchev–Trinajstić information content (AvgIpc) is 2.38. The minimum Gasteiger partial charge on any atom is -0.320 e. The number of amides is 2. The van der Waals surface area contributed by atoms with Gasteiger partial charge in [-0.3, -0.25) is 0 Å². The molecule has 1 aliphatic heterocycles. The number of aromatic nitrogens is 1. The summed E-state index contributed by atoms with van der Waals surface area (Å²) in [5, 5.41) is 2.71. The van der Waals surface area contributed by atoms with E-state index in [1.807, 2.05) is 6.92 Å². The fourth-order valence-electron chi connectivity index (χ4n) is 1.96. The normalized spacial score (nSPS) is 15.7. The molecule has 2 amide bonds. The van der Waals surface area contributed by atoms with Gasteiger partial charge in [-0.15, -0.1) is 0 Å². The van der Waals surface area contributed by atoms with E-state index in [9.17, 15) is 13.2 Å². The summed E-state index contributed by atoms with van der Waals surface area (Å²) in [4.78, 5) is 17.6. The number of hydrogen-bond acceptors (Lipinski definition) is 4. The molecule has 0 fully saturated rings. The Bertz CT molecular complexity index is 635. The van der Waals surface area contributed by atoms with Crippen molar-refractivity contribution >= 4 is 21.6 Å². The number of rotatable bonds is 2. The van der Waals surface area contributed by atoms with Crippen LogP contribution in [-0.4, -0.2) is 43.7 Å². The lowest BCUT2D eigenvalue weighted by molar-refractivity contribution is 0.215. The summed E-state index contributed by atoms with van der Waals surface area (Å²) in [6.07, 6.45) is 5.41. The fraction of sp³-hybridized carbons (Fsp3) is 0.385. The van der Waals surface area contributed by atoms with Gasteiger partial charge in [0.15, 0.2) is 14.9 Å². The third kappa shape index (κ3) is 3.57. The molecule has 20 heavy (non-hydrogen) atoms. The Morgan fingerprint density at radius 1 is 1.40 bits per heavy atom. The Morgan fingerprint density at radius 3 is 2.70 bits per heavy atom. The number of urea groups is 1. The third-order valence-electron chi connectivity index (χ3n) is 2.99. The number of anilines is 1. The molecule has 0 unspecified atom stereocenters. The highest BCUT2D eigenvalue weighted by atomic mass is 32.2. The number of carbonyl (C=O) groups is 1. The van der Waals surface area contributed by atoms with Crippen molar-refractivity contribution in [2.24, 2.45) is 0 Å². The number of sulfone groups is 1. The summed E-state index contributed by atoms with van der Waals surface area (Å²) in [5.74, 6) is 0. The van der Waals surface area contributed by atoms with Crippen LogP contribution in [0.15, 0.2) is 35.0 Å². The molecule has 2 rings (SSSR count). The van der Waals surface area contributed by atoms with Crippen LogP contribution in [0.25, 0.3) is 0 Å². The van der Waals surface area contributed by atoms with Crippen LogP contribution in [-0.2, 0) is 9.84 Å². The Hall–Kier alpha value is -1.89. The van der Waals surface area contributed by atoms with Gasteiger partial charge in [0.05, 0.1) is 11.9 Å². The van der Waals surface area contributed by atoms with Crippen LogP contribution in [0.3, 0.4) is 0 Å². The molecule has 0 aromatic carbocycles. The quantitative estimate of drug-likeness (QED) is 0.842. The maximum Gasteiger partial charge on any atom is 0.322 e. The molecule has 0 bridgehead atoms. The van der Waals surface area contributed by atoms with E-state index in [2.05, 4.69) is 16.4 Å². The fourth-order valence-corrected chi connectivity index (χ4v) is 2.52. The van der Waals surface area contributed by atoms with Gasteiger partial charge in [0.1, 0.15) is 0 Å². The zero-order chi connectivity index (χ0) is 14.8. The number of pyridine rings is 1. The van der Waals surface area contributed by atoms with Gasteiger partial charge < -0.3 is 10.2 Å². The Balaban J connectivity index is 2.03. The van der Waals surface area contributed by atoms with E-state index in [0.717, 1.165) is 18.2 Å². The molecule has 0 saturated carbocycles. The van der Waals surface area contributed by atoms with E-state index in [-0.39, 0.29) is 11.1 Å². The first-order valence-electron chi connectivity index (χ1n) is 6.24. The standard InChI is InChI=1S/C13H17N3O3S/c1-10-4-3-7-16(9-10)13(17)15-11-5-6-12(14-8-11)20(2,18)19/h4-6,8H,3,7,9H2,1-2H3,(H,15,17). The second kappa shape index (κ2) is 5.62. The molecule has 0 radical (unpaired) electrons. The average molecular weight is 295 g/mol. The lowest BCUT2D eigenvalue weighted by atomic mass is 10.1. The highest BCUT2D eigenvalue weighted by Gasteiger charge is 2.16. The SMILES string of the molecule is CC1=CCCN(C(=O)Nc2ccc(S(C)(=O)=O)nc2)C1. The highest BCUT2D eigenvalue weighted by molar-refractivity contribution is 7.90. The van der Waals surface area contributed by atoms with Crippen molar-refractivity contribution in [2.75, 3.05) is 24.7 Å². The third-order valence-corrected chi connectivity index (χ3v) is 3.99. The first-order valence-corrected chi connectivity index (χ1v) is 8.13. The molecular formula is C13H17N3O3S. The van der Waals surface area contributed by atoms with Gasteiger partial charge in [0.25, 0.3) is 0 Å². The van der Waals surface area contributed by atoms with Gasteiger partial charge in [-0.05, 0) is 25.5 Å². The summed E-state index contributed by atoms with van der Waals surface area (Å²) in [5.41, 5.74) is 1.64. The Kier molecular flexibility index (Phi) is 4.08. The van der Waals surface area contributed by atoms with Crippen molar-refractivity contribution in [1.29, 1.82) is 0 Å². The van der Waals surface area contributed by atoms with Crippen LogP contribution in [0.2, 0.25) is 0 Å². The molecule has 108 valence electrons. The van der Waals surface area contributed by atoms with E-state index >= 15 is 0 Å². The summed E-state index contributed by atoms with van der Waals surface area (Å²) >= 11 is 0. The van der Waals surface area contributed by atoms with Crippen molar-refractivity contribution in [3.63, 3.8) is 0 Å². The van der Waals surface area contributed by atoms with Crippen LogP contribution < -0.4 is 5.32 Å². The highest BCUT2D eigenvalue weighted by Crippen LogP contribution is 2.13. The molecule has 0 saturated heterocycles. The lowest BCUT2D eigenvalue weighted by Crippen LogP contribution is -2.38. The molecule has 2 heterocycles. The molecule has 1 aliphatic rings. The summed E-state index contributed by atoms with van der Waals surface area (Å²) in [7, 11) is -3.32. The minimum absolute atomic E-state index is 0.00718. The summed E-state index contributed by atoms with van der Waals surface area (Å²) in [6.45, 7) is 3.28. The molecule has 6 nitrogen and oxygen atoms in total. The van der Waals surface area contributed by atoms with E-state index in [4.69, 9.17) is 0 Å². The van der Waals surface area contributed by atoms with E-state index in [1.54, 1.807) is 4.90 Å². The second-order valence-corrected chi connectivity index (χ2v) is 6.81. The first-order chi connectivity index (χ1) is 9.36. The number of carbonyl (C=O) groups excluding carboxylic acids is 1. The number of hydrogen-bond donors (Lipinski definition) is 1. The number of nitrogens with one attached hydrogen (secondary N) is 1. The van der Waals surface area contributed by atoms with Crippen LogP contribution in [0.4, 0.5) is 10.5 Å². The molecular weight excluding hydrogens is 278 g/mol. The Labute approximate surface area is 118 Å². The van der Waals surface area contributed by atoms with Crippen LogP contribution in [0, 0.1) is 0 Å². The smallest absolute Gasteiger partial charge is 0.320 e. The summed E-state index contributed by atoms with van der Waals surface area (Å²) < 4.78 is 22.6. The van der Waals surface area contributed by atoms with Crippen molar-refractivity contribution in [3.8, 4) is 0 Å². The molecule has 0 atom stereocenters. The molecule has 0 spiro atoms. The van der Waals surface area contributed by atoms with Crippen LogP contribution in [0.5, 0.6) is 0 Å². The second-order valence-electron chi connectivity index (χ2n) is 4.85. The van der Waals surface area contributed by atoms with Gasteiger partial charge in [-0.25, -0.2) is 18.2 Å². The van der Waals surface area contributed by atoms with Gasteiger partial charge in [-0.2, -0.15) is 0 Å². The predicted octanol–water partition coefficient (Wildman–Crippen LogP) is 1.67.